The standard InChI is InChI=1S/C21H24ClN3O4/c1-12(2)17(21(27)28-3)25-19(26)16-10-23-20(29-11-13-7-8-13)18(24-16)14-5-4-6-15(22)9-14/h4-6,9-10,12-13,17H,7-8,11H2,1-3H3,(H,25,26)/t17-/m1/s1. The highest BCUT2D eigenvalue weighted by Gasteiger charge is 2.27. The lowest BCUT2D eigenvalue weighted by Crippen LogP contribution is -2.45. The summed E-state index contributed by atoms with van der Waals surface area (Å²) in [7, 11) is 1.28. The largest absolute Gasteiger partial charge is 0.476 e. The summed E-state index contributed by atoms with van der Waals surface area (Å²) in [6.07, 6.45) is 3.63. The molecule has 1 atom stereocenters. The van der Waals surface area contributed by atoms with E-state index in [0.29, 0.717) is 34.7 Å². The van der Waals surface area contributed by atoms with E-state index in [1.807, 2.05) is 19.9 Å². The van der Waals surface area contributed by atoms with E-state index >= 15 is 0 Å². The molecule has 1 fully saturated rings. The van der Waals surface area contributed by atoms with Crippen molar-refractivity contribution in [3.8, 4) is 17.1 Å². The summed E-state index contributed by atoms with van der Waals surface area (Å²) in [4.78, 5) is 33.5. The van der Waals surface area contributed by atoms with Crippen LogP contribution in [-0.4, -0.2) is 41.6 Å². The van der Waals surface area contributed by atoms with Gasteiger partial charge in [0.2, 0.25) is 5.88 Å². The third-order valence-electron chi connectivity index (χ3n) is 4.63. The molecule has 0 aliphatic heterocycles. The number of aromatic nitrogens is 2. The average molecular weight is 418 g/mol. The van der Waals surface area contributed by atoms with Crippen molar-refractivity contribution in [3.05, 3.63) is 41.2 Å². The molecule has 1 aromatic heterocycles. The third-order valence-corrected chi connectivity index (χ3v) is 4.87. The predicted molar refractivity (Wildman–Crippen MR) is 109 cm³/mol. The van der Waals surface area contributed by atoms with Crippen LogP contribution in [0.5, 0.6) is 5.88 Å². The summed E-state index contributed by atoms with van der Waals surface area (Å²) in [5.41, 5.74) is 1.20. The van der Waals surface area contributed by atoms with Crippen LogP contribution in [-0.2, 0) is 9.53 Å². The summed E-state index contributed by atoms with van der Waals surface area (Å²) in [5, 5.41) is 3.21. The number of nitrogens with zero attached hydrogens (tertiary/aromatic N) is 2. The summed E-state index contributed by atoms with van der Waals surface area (Å²) >= 11 is 6.12. The second-order valence-electron chi connectivity index (χ2n) is 7.39. The third kappa shape index (κ3) is 5.44. The zero-order valence-electron chi connectivity index (χ0n) is 16.6. The maximum Gasteiger partial charge on any atom is 0.328 e. The molecule has 1 saturated carbocycles. The van der Waals surface area contributed by atoms with Crippen molar-refractivity contribution in [1.82, 2.24) is 15.3 Å². The van der Waals surface area contributed by atoms with Gasteiger partial charge in [-0.2, -0.15) is 0 Å². The van der Waals surface area contributed by atoms with Crippen molar-refractivity contribution >= 4 is 23.5 Å². The number of rotatable bonds is 8. The number of ether oxygens (including phenoxy) is 2. The van der Waals surface area contributed by atoms with Crippen molar-refractivity contribution in [3.63, 3.8) is 0 Å². The van der Waals surface area contributed by atoms with Gasteiger partial charge in [-0.1, -0.05) is 37.6 Å². The van der Waals surface area contributed by atoms with Gasteiger partial charge in [0.1, 0.15) is 17.4 Å². The normalized spacial score (nSPS) is 14.4. The molecule has 3 rings (SSSR count). The number of amides is 1. The van der Waals surface area contributed by atoms with Gasteiger partial charge in [0.15, 0.2) is 0 Å². The number of benzene rings is 1. The lowest BCUT2D eigenvalue weighted by atomic mass is 10.0. The Bertz CT molecular complexity index is 899. The SMILES string of the molecule is COC(=O)[C@H](NC(=O)c1cnc(OCC2CC2)c(-c2cccc(Cl)c2)n1)C(C)C. The fourth-order valence-electron chi connectivity index (χ4n) is 2.74. The van der Waals surface area contributed by atoms with Gasteiger partial charge in [0.25, 0.3) is 5.91 Å². The first-order valence-electron chi connectivity index (χ1n) is 9.53. The molecule has 0 bridgehead atoms. The molecule has 1 aliphatic rings. The van der Waals surface area contributed by atoms with Gasteiger partial charge in [-0.3, -0.25) is 4.79 Å². The van der Waals surface area contributed by atoms with Crippen molar-refractivity contribution in [2.75, 3.05) is 13.7 Å². The van der Waals surface area contributed by atoms with E-state index in [4.69, 9.17) is 21.1 Å². The van der Waals surface area contributed by atoms with E-state index in [-0.39, 0.29) is 11.6 Å². The number of hydrogen-bond acceptors (Lipinski definition) is 6. The Kier molecular flexibility index (Phi) is 6.69. The van der Waals surface area contributed by atoms with E-state index < -0.39 is 17.9 Å². The molecule has 1 aliphatic carbocycles. The minimum atomic E-state index is -0.783. The molecule has 1 amide bonds. The smallest absolute Gasteiger partial charge is 0.328 e. The monoisotopic (exact) mass is 417 g/mol. The van der Waals surface area contributed by atoms with Gasteiger partial charge in [-0.05, 0) is 36.8 Å². The second-order valence-corrected chi connectivity index (χ2v) is 7.83. The fourth-order valence-corrected chi connectivity index (χ4v) is 2.93. The average Bonchev–Trinajstić information content (AvgIpc) is 3.54. The molecule has 1 N–H and O–H groups in total. The number of halogens is 1. The maximum absolute atomic E-state index is 12.7. The summed E-state index contributed by atoms with van der Waals surface area (Å²) in [6.45, 7) is 4.20. The molecule has 8 heteroatoms. The highest BCUT2D eigenvalue weighted by atomic mass is 35.5. The highest BCUT2D eigenvalue weighted by Crippen LogP contribution is 2.32. The highest BCUT2D eigenvalue weighted by molar-refractivity contribution is 6.30. The first kappa shape index (κ1) is 21.0. The number of esters is 1. The molecule has 0 unspecified atom stereocenters. The van der Waals surface area contributed by atoms with Gasteiger partial charge >= 0.3 is 5.97 Å². The number of methoxy groups -OCH3 is 1. The summed E-state index contributed by atoms with van der Waals surface area (Å²) in [5.74, 6) is -0.282. The molecule has 29 heavy (non-hydrogen) atoms. The fraction of sp³-hybridized carbons (Fsp3) is 0.429. The van der Waals surface area contributed by atoms with Crippen LogP contribution in [0.15, 0.2) is 30.5 Å². The molecule has 0 radical (unpaired) electrons. The Morgan fingerprint density at radius 3 is 2.69 bits per heavy atom. The molecular formula is C21H24ClN3O4. The van der Waals surface area contributed by atoms with Crippen molar-refractivity contribution < 1.29 is 19.1 Å². The van der Waals surface area contributed by atoms with Crippen molar-refractivity contribution in [1.29, 1.82) is 0 Å². The zero-order chi connectivity index (χ0) is 21.0. The Hall–Kier alpha value is -2.67. The molecule has 1 heterocycles. The van der Waals surface area contributed by atoms with Crippen LogP contribution in [0.1, 0.15) is 37.2 Å². The topological polar surface area (TPSA) is 90.4 Å². The van der Waals surface area contributed by atoms with Gasteiger partial charge in [0.05, 0.1) is 19.9 Å². The Morgan fingerprint density at radius 1 is 1.31 bits per heavy atom. The van der Waals surface area contributed by atoms with Crippen LogP contribution in [0, 0.1) is 11.8 Å². The quantitative estimate of drug-likeness (QED) is 0.661. The molecular weight excluding hydrogens is 394 g/mol. The first-order valence-corrected chi connectivity index (χ1v) is 9.91. The van der Waals surface area contributed by atoms with Gasteiger partial charge in [-0.25, -0.2) is 14.8 Å². The lowest BCUT2D eigenvalue weighted by Gasteiger charge is -2.19. The zero-order valence-corrected chi connectivity index (χ0v) is 17.4. The molecule has 2 aromatic rings. The molecule has 0 spiro atoms. The van der Waals surface area contributed by atoms with Gasteiger partial charge in [-0.15, -0.1) is 0 Å². The van der Waals surface area contributed by atoms with E-state index in [1.165, 1.54) is 13.3 Å². The minimum absolute atomic E-state index is 0.0771. The van der Waals surface area contributed by atoms with E-state index in [0.717, 1.165) is 12.8 Å². The van der Waals surface area contributed by atoms with Crippen LogP contribution in [0.25, 0.3) is 11.3 Å². The summed E-state index contributed by atoms with van der Waals surface area (Å²) < 4.78 is 10.6. The first-order chi connectivity index (χ1) is 13.9. The number of carbonyl (C=O) groups excluding carboxylic acids is 2. The molecule has 154 valence electrons. The molecule has 7 nitrogen and oxygen atoms in total. The Balaban J connectivity index is 1.89. The Labute approximate surface area is 174 Å². The van der Waals surface area contributed by atoms with Crippen molar-refractivity contribution in [2.45, 2.75) is 32.7 Å². The van der Waals surface area contributed by atoms with E-state index in [1.54, 1.807) is 18.2 Å². The number of hydrogen-bond donors (Lipinski definition) is 1. The van der Waals surface area contributed by atoms with Gasteiger partial charge in [0, 0.05) is 10.6 Å². The maximum atomic E-state index is 12.7. The second kappa shape index (κ2) is 9.22. The van der Waals surface area contributed by atoms with Crippen LogP contribution in [0.3, 0.4) is 0 Å². The van der Waals surface area contributed by atoms with Gasteiger partial charge < -0.3 is 14.8 Å². The van der Waals surface area contributed by atoms with Crippen LogP contribution >= 0.6 is 11.6 Å². The Morgan fingerprint density at radius 2 is 2.07 bits per heavy atom. The van der Waals surface area contributed by atoms with Crippen LogP contribution in [0.4, 0.5) is 0 Å². The van der Waals surface area contributed by atoms with E-state index in [2.05, 4.69) is 15.3 Å². The van der Waals surface area contributed by atoms with Crippen LogP contribution in [0.2, 0.25) is 5.02 Å². The number of carbonyl (C=O) groups is 2. The minimum Gasteiger partial charge on any atom is -0.476 e. The number of nitrogens with one attached hydrogen (secondary N) is 1. The van der Waals surface area contributed by atoms with Crippen molar-refractivity contribution in [2.24, 2.45) is 11.8 Å². The molecule has 0 saturated heterocycles. The molecule has 1 aromatic carbocycles. The van der Waals surface area contributed by atoms with E-state index in [9.17, 15) is 9.59 Å². The summed E-state index contributed by atoms with van der Waals surface area (Å²) in [6, 6.07) is 6.33. The van der Waals surface area contributed by atoms with Crippen LogP contribution < -0.4 is 10.1 Å². The predicted octanol–water partition coefficient (Wildman–Crippen LogP) is 3.51. The lowest BCUT2D eigenvalue weighted by molar-refractivity contribution is -0.144.